The van der Waals surface area contributed by atoms with Gasteiger partial charge in [-0.1, -0.05) is 6.92 Å². The van der Waals surface area contributed by atoms with Crippen LogP contribution in [0.5, 0.6) is 0 Å². The Hall–Kier alpha value is -2.64. The van der Waals surface area contributed by atoms with Crippen LogP contribution in [-0.2, 0) is 16.8 Å². The zero-order chi connectivity index (χ0) is 19.9. The van der Waals surface area contributed by atoms with Gasteiger partial charge >= 0.3 is 0 Å². The van der Waals surface area contributed by atoms with Gasteiger partial charge in [0.2, 0.25) is 11.9 Å². The molecule has 2 aliphatic rings. The van der Waals surface area contributed by atoms with Gasteiger partial charge in [0.05, 0.1) is 17.6 Å². The zero-order valence-electron chi connectivity index (χ0n) is 17.2. The molecule has 1 spiro atoms. The quantitative estimate of drug-likeness (QED) is 0.871. The van der Waals surface area contributed by atoms with E-state index in [0.29, 0.717) is 6.42 Å². The van der Waals surface area contributed by atoms with Crippen LogP contribution in [0.1, 0.15) is 43.1 Å². The Labute approximate surface area is 166 Å². The Morgan fingerprint density at radius 3 is 2.68 bits per heavy atom. The van der Waals surface area contributed by atoms with Crippen molar-refractivity contribution in [3.8, 4) is 0 Å². The van der Waals surface area contributed by atoms with Crippen LogP contribution in [0, 0.1) is 6.92 Å². The van der Waals surface area contributed by atoms with Crippen LogP contribution >= 0.6 is 0 Å². The van der Waals surface area contributed by atoms with Gasteiger partial charge in [-0.25, -0.2) is 9.97 Å². The molecule has 150 valence electrons. The van der Waals surface area contributed by atoms with Crippen molar-refractivity contribution in [3.63, 3.8) is 0 Å². The van der Waals surface area contributed by atoms with Gasteiger partial charge in [0, 0.05) is 64.0 Å². The number of carbonyl (C=O) groups is 1. The van der Waals surface area contributed by atoms with E-state index in [1.54, 1.807) is 6.33 Å². The molecule has 8 nitrogen and oxygen atoms in total. The lowest BCUT2D eigenvalue weighted by Gasteiger charge is -2.50. The topological polar surface area (TPSA) is 81.2 Å². The normalized spacial score (nSPS) is 18.3. The van der Waals surface area contributed by atoms with Gasteiger partial charge in [0.1, 0.15) is 5.82 Å². The monoisotopic (exact) mass is 383 g/mol. The standard InChI is InChI=1S/C20H29N7O/c1-5-16(28)27-9-6-15-17(23-13-22-15)20(27)7-10-26(11-8-20)19-21-12-14(2)18(24-19)25(3)4/h12-13H,5-11H2,1-4H3,(H,22,23). The summed E-state index contributed by atoms with van der Waals surface area (Å²) in [5, 5.41) is 0. The Bertz CT molecular complexity index is 867. The summed E-state index contributed by atoms with van der Waals surface area (Å²) >= 11 is 0. The number of amides is 1. The molecule has 0 unspecified atom stereocenters. The second-order valence-corrected chi connectivity index (χ2v) is 7.97. The number of hydrogen-bond donors (Lipinski definition) is 1. The summed E-state index contributed by atoms with van der Waals surface area (Å²) in [5.74, 6) is 1.92. The lowest BCUT2D eigenvalue weighted by atomic mass is 9.78. The second kappa shape index (κ2) is 7.07. The number of fused-ring (bicyclic) bond motifs is 2. The third kappa shape index (κ3) is 2.91. The molecule has 4 heterocycles. The summed E-state index contributed by atoms with van der Waals surface area (Å²) in [5.41, 5.74) is 2.98. The minimum Gasteiger partial charge on any atom is -0.362 e. The summed E-state index contributed by atoms with van der Waals surface area (Å²) in [6, 6.07) is 0. The molecule has 0 atom stereocenters. The van der Waals surface area contributed by atoms with Crippen molar-refractivity contribution >= 4 is 17.7 Å². The van der Waals surface area contributed by atoms with E-state index in [0.717, 1.165) is 61.9 Å². The fourth-order valence-corrected chi connectivity index (χ4v) is 4.64. The van der Waals surface area contributed by atoms with Gasteiger partial charge in [0.15, 0.2) is 0 Å². The molecule has 1 fully saturated rings. The largest absolute Gasteiger partial charge is 0.362 e. The predicted octanol–water partition coefficient (Wildman–Crippen LogP) is 1.86. The first kappa shape index (κ1) is 18.7. The van der Waals surface area contributed by atoms with Gasteiger partial charge < -0.3 is 19.7 Å². The zero-order valence-corrected chi connectivity index (χ0v) is 17.2. The van der Waals surface area contributed by atoms with E-state index in [2.05, 4.69) is 24.8 Å². The SMILES string of the molecule is CCC(=O)N1CCc2[nH]cnc2C12CCN(c1ncc(C)c(N(C)C)n1)CC2. The van der Waals surface area contributed by atoms with Gasteiger partial charge in [-0.15, -0.1) is 0 Å². The van der Waals surface area contributed by atoms with Gasteiger partial charge in [-0.3, -0.25) is 4.79 Å². The van der Waals surface area contributed by atoms with E-state index in [1.165, 1.54) is 5.69 Å². The van der Waals surface area contributed by atoms with Crippen LogP contribution in [-0.4, -0.2) is 64.5 Å². The van der Waals surface area contributed by atoms with Gasteiger partial charge in [-0.05, 0) is 19.8 Å². The number of imidazole rings is 1. The van der Waals surface area contributed by atoms with Gasteiger partial charge in [-0.2, -0.15) is 4.98 Å². The Balaban J connectivity index is 1.62. The number of aryl methyl sites for hydroxylation is 1. The number of rotatable bonds is 3. The Morgan fingerprint density at radius 1 is 1.25 bits per heavy atom. The lowest BCUT2D eigenvalue weighted by molar-refractivity contribution is -0.140. The van der Waals surface area contributed by atoms with Crippen LogP contribution in [0.2, 0.25) is 0 Å². The van der Waals surface area contributed by atoms with E-state index >= 15 is 0 Å². The smallest absolute Gasteiger partial charge is 0.227 e. The average Bonchev–Trinajstić information content (AvgIpc) is 3.19. The maximum Gasteiger partial charge on any atom is 0.227 e. The third-order valence-corrected chi connectivity index (χ3v) is 6.09. The first-order valence-electron chi connectivity index (χ1n) is 10.1. The lowest BCUT2D eigenvalue weighted by Crippen LogP contribution is -2.58. The fourth-order valence-electron chi connectivity index (χ4n) is 4.64. The molecule has 4 rings (SSSR count). The Morgan fingerprint density at radius 2 is 2.00 bits per heavy atom. The van der Waals surface area contributed by atoms with E-state index < -0.39 is 0 Å². The van der Waals surface area contributed by atoms with Crippen LogP contribution < -0.4 is 9.80 Å². The maximum absolute atomic E-state index is 12.7. The first-order chi connectivity index (χ1) is 13.5. The molecule has 0 aromatic carbocycles. The molecule has 0 aliphatic carbocycles. The number of nitrogens with one attached hydrogen (secondary N) is 1. The number of aromatic amines is 1. The first-order valence-corrected chi connectivity index (χ1v) is 10.1. The fraction of sp³-hybridized carbons (Fsp3) is 0.600. The molecule has 1 amide bonds. The molecule has 2 aliphatic heterocycles. The summed E-state index contributed by atoms with van der Waals surface area (Å²) < 4.78 is 0. The molecule has 0 bridgehead atoms. The Kier molecular flexibility index (Phi) is 4.72. The highest BCUT2D eigenvalue weighted by molar-refractivity contribution is 5.77. The maximum atomic E-state index is 12.7. The molecular formula is C20H29N7O. The minimum atomic E-state index is -0.313. The van der Waals surface area contributed by atoms with Crippen molar-refractivity contribution in [1.29, 1.82) is 0 Å². The van der Waals surface area contributed by atoms with E-state index in [9.17, 15) is 4.79 Å². The van der Waals surface area contributed by atoms with Crippen LogP contribution in [0.25, 0.3) is 0 Å². The number of anilines is 2. The van der Waals surface area contributed by atoms with Crippen LogP contribution in [0.3, 0.4) is 0 Å². The minimum absolute atomic E-state index is 0.212. The molecule has 0 radical (unpaired) electrons. The number of nitrogens with zero attached hydrogens (tertiary/aromatic N) is 6. The highest BCUT2D eigenvalue weighted by Crippen LogP contribution is 2.43. The summed E-state index contributed by atoms with van der Waals surface area (Å²) in [6.45, 7) is 6.33. The molecule has 8 heteroatoms. The van der Waals surface area contributed by atoms with Crippen molar-refractivity contribution in [3.05, 3.63) is 29.5 Å². The van der Waals surface area contributed by atoms with Crippen molar-refractivity contribution in [2.75, 3.05) is 43.5 Å². The molecule has 1 saturated heterocycles. The molecule has 0 saturated carbocycles. The predicted molar refractivity (Wildman–Crippen MR) is 109 cm³/mol. The number of aromatic nitrogens is 4. The summed E-state index contributed by atoms with van der Waals surface area (Å²) in [7, 11) is 4.00. The van der Waals surface area contributed by atoms with Crippen LogP contribution in [0.4, 0.5) is 11.8 Å². The highest BCUT2D eigenvalue weighted by atomic mass is 16.2. The number of piperidine rings is 1. The molecule has 28 heavy (non-hydrogen) atoms. The van der Waals surface area contributed by atoms with Crippen molar-refractivity contribution in [2.45, 2.75) is 45.1 Å². The second-order valence-electron chi connectivity index (χ2n) is 7.97. The van der Waals surface area contributed by atoms with Crippen molar-refractivity contribution < 1.29 is 4.79 Å². The number of carbonyl (C=O) groups excluding carboxylic acids is 1. The molecule has 1 N–H and O–H groups in total. The number of hydrogen-bond acceptors (Lipinski definition) is 6. The third-order valence-electron chi connectivity index (χ3n) is 6.09. The molecule has 2 aromatic rings. The van der Waals surface area contributed by atoms with Gasteiger partial charge in [0.25, 0.3) is 0 Å². The van der Waals surface area contributed by atoms with Crippen molar-refractivity contribution in [2.24, 2.45) is 0 Å². The average molecular weight is 384 g/mol. The van der Waals surface area contributed by atoms with Crippen LogP contribution in [0.15, 0.2) is 12.5 Å². The highest BCUT2D eigenvalue weighted by Gasteiger charge is 2.48. The van der Waals surface area contributed by atoms with E-state index in [-0.39, 0.29) is 11.4 Å². The van der Waals surface area contributed by atoms with Crippen molar-refractivity contribution in [1.82, 2.24) is 24.8 Å². The summed E-state index contributed by atoms with van der Waals surface area (Å²) in [4.78, 5) is 36.3. The van der Waals surface area contributed by atoms with E-state index in [4.69, 9.17) is 4.98 Å². The van der Waals surface area contributed by atoms with E-state index in [1.807, 2.05) is 39.0 Å². The summed E-state index contributed by atoms with van der Waals surface area (Å²) in [6.07, 6.45) is 6.71. The molecular weight excluding hydrogens is 354 g/mol. The molecule has 2 aromatic heterocycles. The number of H-pyrrole nitrogens is 1.